The third kappa shape index (κ3) is 5.13. The third-order valence-corrected chi connectivity index (χ3v) is 5.39. The Hall–Kier alpha value is -1.72. The van der Waals surface area contributed by atoms with Crippen LogP contribution < -0.4 is 5.32 Å². The second kappa shape index (κ2) is 8.59. The van der Waals surface area contributed by atoms with Gasteiger partial charge < -0.3 is 10.2 Å². The molecule has 1 aromatic carbocycles. The number of nitrogens with zero attached hydrogens (tertiary/aromatic N) is 2. The number of anilines is 1. The highest BCUT2D eigenvalue weighted by Gasteiger charge is 2.22. The van der Waals surface area contributed by atoms with Crippen molar-refractivity contribution in [3.05, 3.63) is 29.8 Å². The summed E-state index contributed by atoms with van der Waals surface area (Å²) in [4.78, 5) is 29.4. The molecule has 1 saturated carbocycles. The van der Waals surface area contributed by atoms with Crippen molar-refractivity contribution in [2.45, 2.75) is 32.1 Å². The van der Waals surface area contributed by atoms with Crippen molar-refractivity contribution >= 4 is 17.4 Å². The topological polar surface area (TPSA) is 52.6 Å². The zero-order chi connectivity index (χ0) is 17.6. The molecule has 1 aliphatic carbocycles. The highest BCUT2D eigenvalue weighted by molar-refractivity contribution is 6.00. The molecule has 0 radical (unpaired) electrons. The number of nitrogens with one attached hydrogen (secondary N) is 1. The first-order chi connectivity index (χ1) is 12.1. The summed E-state index contributed by atoms with van der Waals surface area (Å²) in [6.07, 6.45) is 5.48. The number of hydrogen-bond donors (Lipinski definition) is 1. The minimum Gasteiger partial charge on any atom is -0.326 e. The highest BCUT2D eigenvalue weighted by Crippen LogP contribution is 2.25. The van der Waals surface area contributed by atoms with Crippen LogP contribution in [-0.2, 0) is 4.79 Å². The SMILES string of the molecule is CN1CCN(CC(=O)c2cccc(NC(=O)C3CCCCC3)c2)CC1. The van der Waals surface area contributed by atoms with E-state index in [0.29, 0.717) is 12.1 Å². The van der Waals surface area contributed by atoms with Crippen LogP contribution >= 0.6 is 0 Å². The van der Waals surface area contributed by atoms with E-state index in [9.17, 15) is 9.59 Å². The number of carbonyl (C=O) groups excluding carboxylic acids is 2. The maximum Gasteiger partial charge on any atom is 0.227 e. The lowest BCUT2D eigenvalue weighted by Gasteiger charge is -2.31. The second-order valence-corrected chi connectivity index (χ2v) is 7.41. The van der Waals surface area contributed by atoms with E-state index >= 15 is 0 Å². The highest BCUT2D eigenvalue weighted by atomic mass is 16.2. The number of ketones is 1. The molecule has 3 rings (SSSR count). The molecule has 2 fully saturated rings. The lowest BCUT2D eigenvalue weighted by Crippen LogP contribution is -2.46. The van der Waals surface area contributed by atoms with Crippen molar-refractivity contribution in [2.75, 3.05) is 45.1 Å². The van der Waals surface area contributed by atoms with Crippen molar-refractivity contribution in [1.29, 1.82) is 0 Å². The van der Waals surface area contributed by atoms with E-state index < -0.39 is 0 Å². The van der Waals surface area contributed by atoms with Gasteiger partial charge in [-0.15, -0.1) is 0 Å². The molecule has 1 aliphatic heterocycles. The summed E-state index contributed by atoms with van der Waals surface area (Å²) < 4.78 is 0. The summed E-state index contributed by atoms with van der Waals surface area (Å²) in [5.41, 5.74) is 1.42. The lowest BCUT2D eigenvalue weighted by atomic mass is 9.88. The molecule has 1 heterocycles. The largest absolute Gasteiger partial charge is 0.326 e. The van der Waals surface area contributed by atoms with Crippen molar-refractivity contribution in [3.63, 3.8) is 0 Å². The molecular weight excluding hydrogens is 314 g/mol. The van der Waals surface area contributed by atoms with Crippen LogP contribution in [0.4, 0.5) is 5.69 Å². The van der Waals surface area contributed by atoms with E-state index in [4.69, 9.17) is 0 Å². The molecule has 1 aromatic rings. The van der Waals surface area contributed by atoms with Gasteiger partial charge in [0.05, 0.1) is 6.54 Å². The smallest absolute Gasteiger partial charge is 0.227 e. The minimum atomic E-state index is 0.100. The summed E-state index contributed by atoms with van der Waals surface area (Å²) in [6.45, 7) is 4.32. The van der Waals surface area contributed by atoms with Crippen LogP contribution in [0.1, 0.15) is 42.5 Å². The number of piperazine rings is 1. The van der Waals surface area contributed by atoms with E-state index in [0.717, 1.165) is 57.5 Å². The molecule has 0 atom stereocenters. The maximum atomic E-state index is 12.6. The molecule has 0 spiro atoms. The van der Waals surface area contributed by atoms with E-state index in [-0.39, 0.29) is 17.6 Å². The molecular formula is C20H29N3O2. The van der Waals surface area contributed by atoms with Gasteiger partial charge in [-0.2, -0.15) is 0 Å². The summed E-state index contributed by atoms with van der Waals surface area (Å²) >= 11 is 0. The van der Waals surface area contributed by atoms with Gasteiger partial charge in [0, 0.05) is 43.3 Å². The van der Waals surface area contributed by atoms with Crippen molar-refractivity contribution < 1.29 is 9.59 Å². The number of rotatable bonds is 5. The fraction of sp³-hybridized carbons (Fsp3) is 0.600. The first kappa shape index (κ1) is 18.1. The fourth-order valence-electron chi connectivity index (χ4n) is 3.68. The van der Waals surface area contributed by atoms with E-state index in [1.54, 1.807) is 0 Å². The second-order valence-electron chi connectivity index (χ2n) is 7.41. The zero-order valence-electron chi connectivity index (χ0n) is 15.2. The minimum absolute atomic E-state index is 0.100. The van der Waals surface area contributed by atoms with Crippen LogP contribution in [0.5, 0.6) is 0 Å². The molecule has 5 heteroatoms. The normalized spacial score (nSPS) is 20.4. The molecule has 1 amide bonds. The number of benzene rings is 1. The maximum absolute atomic E-state index is 12.6. The molecule has 136 valence electrons. The first-order valence-electron chi connectivity index (χ1n) is 9.47. The van der Waals surface area contributed by atoms with Gasteiger partial charge in [0.2, 0.25) is 5.91 Å². The Morgan fingerprint density at radius 1 is 1.08 bits per heavy atom. The number of carbonyl (C=O) groups is 2. The van der Waals surface area contributed by atoms with Gasteiger partial charge in [0.15, 0.2) is 5.78 Å². The average molecular weight is 343 g/mol. The zero-order valence-corrected chi connectivity index (χ0v) is 15.2. The molecule has 5 nitrogen and oxygen atoms in total. The molecule has 25 heavy (non-hydrogen) atoms. The van der Waals surface area contributed by atoms with Gasteiger partial charge in [-0.25, -0.2) is 0 Å². The summed E-state index contributed by atoms with van der Waals surface area (Å²) in [6, 6.07) is 7.38. The predicted octanol–water partition coefficient (Wildman–Crippen LogP) is 2.64. The Morgan fingerprint density at radius 3 is 2.52 bits per heavy atom. The van der Waals surface area contributed by atoms with Gasteiger partial charge in [0.1, 0.15) is 0 Å². The Balaban J connectivity index is 1.56. The van der Waals surface area contributed by atoms with Gasteiger partial charge in [0.25, 0.3) is 0 Å². The average Bonchev–Trinajstić information content (AvgIpc) is 2.64. The van der Waals surface area contributed by atoms with Crippen LogP contribution in [0.2, 0.25) is 0 Å². The van der Waals surface area contributed by atoms with Gasteiger partial charge >= 0.3 is 0 Å². The molecule has 1 N–H and O–H groups in total. The van der Waals surface area contributed by atoms with Gasteiger partial charge in [-0.05, 0) is 32.0 Å². The molecule has 1 saturated heterocycles. The molecule has 0 aromatic heterocycles. The monoisotopic (exact) mass is 343 g/mol. The van der Waals surface area contributed by atoms with Gasteiger partial charge in [-0.3, -0.25) is 14.5 Å². The van der Waals surface area contributed by atoms with E-state index in [2.05, 4.69) is 22.2 Å². The van der Waals surface area contributed by atoms with Crippen LogP contribution in [-0.4, -0.2) is 61.3 Å². The number of amides is 1. The van der Waals surface area contributed by atoms with Crippen molar-refractivity contribution in [3.8, 4) is 0 Å². The Kier molecular flexibility index (Phi) is 6.21. The summed E-state index contributed by atoms with van der Waals surface area (Å²) in [5, 5.41) is 3.00. The third-order valence-electron chi connectivity index (χ3n) is 5.39. The van der Waals surface area contributed by atoms with E-state index in [1.165, 1.54) is 6.42 Å². The Bertz CT molecular complexity index is 603. The summed E-state index contributed by atoms with van der Waals surface area (Å²) in [5.74, 6) is 0.347. The first-order valence-corrected chi connectivity index (χ1v) is 9.47. The predicted molar refractivity (Wildman–Crippen MR) is 99.9 cm³/mol. The van der Waals surface area contributed by atoms with Crippen LogP contribution in [0.15, 0.2) is 24.3 Å². The Morgan fingerprint density at radius 2 is 1.80 bits per heavy atom. The van der Waals surface area contributed by atoms with Crippen LogP contribution in [0.25, 0.3) is 0 Å². The quantitative estimate of drug-likeness (QED) is 0.835. The van der Waals surface area contributed by atoms with E-state index in [1.807, 2.05) is 24.3 Å². The Labute approximate surface area is 150 Å². The standard InChI is InChI=1S/C20H29N3O2/c1-22-10-12-23(13-11-22)15-19(24)17-8-5-9-18(14-17)21-20(25)16-6-3-2-4-7-16/h5,8-9,14,16H,2-4,6-7,10-13,15H2,1H3,(H,21,25). The summed E-state index contributed by atoms with van der Waals surface area (Å²) in [7, 11) is 2.11. The number of likely N-dealkylation sites (N-methyl/N-ethyl adjacent to an activating group) is 1. The van der Waals surface area contributed by atoms with Crippen LogP contribution in [0.3, 0.4) is 0 Å². The number of Topliss-reactive ketones (excluding diaryl/α,β-unsaturated/α-hetero) is 1. The molecule has 2 aliphatic rings. The number of hydrogen-bond acceptors (Lipinski definition) is 4. The molecule has 0 bridgehead atoms. The molecule has 0 unspecified atom stereocenters. The lowest BCUT2D eigenvalue weighted by molar-refractivity contribution is -0.120. The van der Waals surface area contributed by atoms with Crippen molar-refractivity contribution in [2.24, 2.45) is 5.92 Å². The van der Waals surface area contributed by atoms with Crippen molar-refractivity contribution in [1.82, 2.24) is 9.80 Å². The van der Waals surface area contributed by atoms with Gasteiger partial charge in [-0.1, -0.05) is 31.4 Å². The van der Waals surface area contributed by atoms with Crippen LogP contribution in [0, 0.1) is 5.92 Å². The fourth-order valence-corrected chi connectivity index (χ4v) is 3.68.